The second-order valence-corrected chi connectivity index (χ2v) is 9.35. The van der Waals surface area contributed by atoms with E-state index in [1.165, 1.54) is 37.1 Å². The fourth-order valence-corrected chi connectivity index (χ4v) is 4.88. The molecular weight excluding hydrogens is 354 g/mol. The number of likely N-dealkylation sites (tertiary alicyclic amines) is 1. The minimum atomic E-state index is -0.164. The summed E-state index contributed by atoms with van der Waals surface area (Å²) in [6.45, 7) is 10.6. The first kappa shape index (κ1) is 18.9. The summed E-state index contributed by atoms with van der Waals surface area (Å²) in [4.78, 5) is 12.5. The van der Waals surface area contributed by atoms with Gasteiger partial charge in [0.1, 0.15) is 5.03 Å². The molecule has 0 saturated carbocycles. The van der Waals surface area contributed by atoms with E-state index < -0.39 is 0 Å². The number of ether oxygens (including phenoxy) is 1. The Morgan fingerprint density at radius 1 is 1.19 bits per heavy atom. The molecule has 4 rings (SSSR count). The number of fused-ring (bicyclic) bond motifs is 1. The third-order valence-corrected chi connectivity index (χ3v) is 6.37. The van der Waals surface area contributed by atoms with Crippen molar-refractivity contribution in [2.75, 3.05) is 25.4 Å². The fourth-order valence-electron chi connectivity index (χ4n) is 3.83. The third kappa shape index (κ3) is 4.53. The van der Waals surface area contributed by atoms with Gasteiger partial charge >= 0.3 is 0 Å². The van der Waals surface area contributed by atoms with Gasteiger partial charge in [-0.05, 0) is 52.8 Å². The highest BCUT2D eigenvalue weighted by Gasteiger charge is 2.30. The highest BCUT2D eigenvalue weighted by molar-refractivity contribution is 7.99. The predicted molar refractivity (Wildman–Crippen MR) is 111 cm³/mol. The van der Waals surface area contributed by atoms with E-state index in [9.17, 15) is 0 Å². The Morgan fingerprint density at radius 2 is 2.00 bits per heavy atom. The molecule has 5 heteroatoms. The zero-order chi connectivity index (χ0) is 18.9. The lowest BCUT2D eigenvalue weighted by molar-refractivity contribution is -0.0428. The van der Waals surface area contributed by atoms with E-state index in [1.807, 2.05) is 11.8 Å². The van der Waals surface area contributed by atoms with E-state index in [0.29, 0.717) is 6.61 Å². The van der Waals surface area contributed by atoms with Crippen molar-refractivity contribution in [3.63, 3.8) is 0 Å². The molecule has 144 valence electrons. The molecule has 2 aromatic rings. The topological polar surface area (TPSA) is 38.2 Å². The van der Waals surface area contributed by atoms with Gasteiger partial charge in [-0.15, -0.1) is 11.8 Å². The minimum absolute atomic E-state index is 0.164. The number of aromatic nitrogens is 2. The van der Waals surface area contributed by atoms with Crippen molar-refractivity contribution < 1.29 is 4.74 Å². The van der Waals surface area contributed by atoms with Crippen LogP contribution in [0.1, 0.15) is 43.5 Å². The van der Waals surface area contributed by atoms with Gasteiger partial charge in [-0.3, -0.25) is 0 Å². The zero-order valence-corrected chi connectivity index (χ0v) is 17.4. The number of nitrogens with zero attached hydrogens (tertiary/aromatic N) is 3. The summed E-state index contributed by atoms with van der Waals surface area (Å²) in [7, 11) is 0. The van der Waals surface area contributed by atoms with Crippen molar-refractivity contribution in [2.24, 2.45) is 0 Å². The Labute approximate surface area is 166 Å². The van der Waals surface area contributed by atoms with Crippen LogP contribution in [0.4, 0.5) is 0 Å². The molecule has 1 aromatic carbocycles. The Bertz CT molecular complexity index is 815. The molecule has 1 fully saturated rings. The fraction of sp³-hybridized carbons (Fsp3) is 0.545. The summed E-state index contributed by atoms with van der Waals surface area (Å²) in [6, 6.07) is 8.48. The van der Waals surface area contributed by atoms with Crippen LogP contribution in [0.15, 0.2) is 29.3 Å². The normalized spacial score (nSPS) is 19.2. The number of benzene rings is 1. The number of hydrogen-bond donors (Lipinski definition) is 0. The lowest BCUT2D eigenvalue weighted by Gasteiger charge is -2.32. The molecule has 1 saturated heterocycles. The van der Waals surface area contributed by atoms with Crippen LogP contribution >= 0.6 is 11.8 Å². The highest BCUT2D eigenvalue weighted by atomic mass is 32.2. The standard InChI is InChI=1S/C22H29N3OS/c1-16-7-6-8-17(13-16)20-23-19-14-22(2,3)26-15-18(19)21(24-20)27-12-11-25-9-4-5-10-25/h6-8,13H,4-5,9-12,14-15H2,1-3H3. The molecule has 2 aliphatic heterocycles. The summed E-state index contributed by atoms with van der Waals surface area (Å²) < 4.78 is 6.07. The maximum absolute atomic E-state index is 6.07. The molecule has 0 bridgehead atoms. The second-order valence-electron chi connectivity index (χ2n) is 8.27. The van der Waals surface area contributed by atoms with Crippen LogP contribution in [0.5, 0.6) is 0 Å². The average Bonchev–Trinajstić information content (AvgIpc) is 3.14. The van der Waals surface area contributed by atoms with Gasteiger partial charge in [0, 0.05) is 29.8 Å². The van der Waals surface area contributed by atoms with Crippen molar-refractivity contribution >= 4 is 11.8 Å². The number of aryl methyl sites for hydroxylation is 1. The van der Waals surface area contributed by atoms with Crippen LogP contribution < -0.4 is 0 Å². The largest absolute Gasteiger partial charge is 0.370 e. The van der Waals surface area contributed by atoms with Gasteiger partial charge in [-0.2, -0.15) is 0 Å². The first-order valence-electron chi connectivity index (χ1n) is 9.96. The molecule has 27 heavy (non-hydrogen) atoms. The van der Waals surface area contributed by atoms with E-state index in [-0.39, 0.29) is 5.60 Å². The van der Waals surface area contributed by atoms with E-state index in [1.54, 1.807) is 0 Å². The second kappa shape index (κ2) is 7.90. The summed E-state index contributed by atoms with van der Waals surface area (Å²) in [5.74, 6) is 1.92. The summed E-state index contributed by atoms with van der Waals surface area (Å²) in [6.07, 6.45) is 3.52. The van der Waals surface area contributed by atoms with Gasteiger partial charge in [0.25, 0.3) is 0 Å². The zero-order valence-electron chi connectivity index (χ0n) is 16.6. The molecule has 0 aliphatic carbocycles. The van der Waals surface area contributed by atoms with Crippen molar-refractivity contribution in [1.29, 1.82) is 0 Å². The van der Waals surface area contributed by atoms with Gasteiger partial charge in [0.05, 0.1) is 17.9 Å². The molecule has 0 spiro atoms. The van der Waals surface area contributed by atoms with E-state index in [2.05, 4.69) is 49.9 Å². The first-order chi connectivity index (χ1) is 13.0. The van der Waals surface area contributed by atoms with Crippen molar-refractivity contribution in [3.05, 3.63) is 41.1 Å². The maximum Gasteiger partial charge on any atom is 0.160 e. The number of rotatable bonds is 5. The smallest absolute Gasteiger partial charge is 0.160 e. The summed E-state index contributed by atoms with van der Waals surface area (Å²) in [5, 5.41) is 1.10. The Hall–Kier alpha value is -1.43. The quantitative estimate of drug-likeness (QED) is 0.562. The highest BCUT2D eigenvalue weighted by Crippen LogP contribution is 2.34. The molecule has 0 amide bonds. The number of hydrogen-bond acceptors (Lipinski definition) is 5. The van der Waals surface area contributed by atoms with Gasteiger partial charge in [-0.1, -0.05) is 23.8 Å². The third-order valence-electron chi connectivity index (χ3n) is 5.38. The molecule has 3 heterocycles. The minimum Gasteiger partial charge on any atom is -0.370 e. The van der Waals surface area contributed by atoms with Gasteiger partial charge in [0.2, 0.25) is 0 Å². The van der Waals surface area contributed by atoms with E-state index in [4.69, 9.17) is 14.7 Å². The molecule has 0 atom stereocenters. The van der Waals surface area contributed by atoms with Crippen molar-refractivity contribution in [3.8, 4) is 11.4 Å². The Kier molecular flexibility index (Phi) is 5.53. The summed E-state index contributed by atoms with van der Waals surface area (Å²) in [5.41, 5.74) is 4.52. The van der Waals surface area contributed by atoms with E-state index >= 15 is 0 Å². The van der Waals surface area contributed by atoms with Gasteiger partial charge in [0.15, 0.2) is 5.82 Å². The van der Waals surface area contributed by atoms with Crippen LogP contribution in [0.2, 0.25) is 0 Å². The molecular formula is C22H29N3OS. The van der Waals surface area contributed by atoms with Crippen LogP contribution in [-0.2, 0) is 17.8 Å². The van der Waals surface area contributed by atoms with Crippen LogP contribution in [0.3, 0.4) is 0 Å². The predicted octanol–water partition coefficient (Wildman–Crippen LogP) is 4.49. The van der Waals surface area contributed by atoms with Crippen molar-refractivity contribution in [2.45, 2.75) is 57.3 Å². The lowest BCUT2D eigenvalue weighted by atomic mass is 9.96. The molecule has 0 unspecified atom stereocenters. The van der Waals surface area contributed by atoms with Gasteiger partial charge < -0.3 is 9.64 Å². The Balaban J connectivity index is 1.62. The lowest BCUT2D eigenvalue weighted by Crippen LogP contribution is -2.33. The number of thioether (sulfide) groups is 1. The SMILES string of the molecule is Cc1cccc(-c2nc3c(c(SCCN4CCCC4)n2)COC(C)(C)C3)c1. The first-order valence-corrected chi connectivity index (χ1v) is 10.9. The maximum atomic E-state index is 6.07. The molecule has 4 nitrogen and oxygen atoms in total. The summed E-state index contributed by atoms with van der Waals surface area (Å²) >= 11 is 1.86. The molecule has 1 aromatic heterocycles. The van der Waals surface area contributed by atoms with Crippen LogP contribution in [0.25, 0.3) is 11.4 Å². The molecule has 2 aliphatic rings. The van der Waals surface area contributed by atoms with E-state index in [0.717, 1.165) is 40.8 Å². The Morgan fingerprint density at radius 3 is 2.78 bits per heavy atom. The van der Waals surface area contributed by atoms with Gasteiger partial charge in [-0.25, -0.2) is 9.97 Å². The van der Waals surface area contributed by atoms with Crippen molar-refractivity contribution in [1.82, 2.24) is 14.9 Å². The molecule has 0 radical (unpaired) electrons. The van der Waals surface area contributed by atoms with Crippen LogP contribution in [-0.4, -0.2) is 45.9 Å². The monoisotopic (exact) mass is 383 g/mol. The molecule has 0 N–H and O–H groups in total. The average molecular weight is 384 g/mol. The van der Waals surface area contributed by atoms with Crippen LogP contribution in [0, 0.1) is 6.92 Å².